The summed E-state index contributed by atoms with van der Waals surface area (Å²) < 4.78 is 0. The Hall–Kier alpha value is 0.280. The molecule has 0 heterocycles. The zero-order valence-corrected chi connectivity index (χ0v) is 12.3. The van der Waals surface area contributed by atoms with Crippen LogP contribution in [-0.4, -0.2) is 0 Å². The van der Waals surface area contributed by atoms with Crippen molar-refractivity contribution in [1.82, 2.24) is 0 Å². The molecule has 0 aliphatic heterocycles. The minimum Gasteiger partial charge on any atom is -1.00 e. The van der Waals surface area contributed by atoms with Crippen LogP contribution in [0.25, 0.3) is 10.8 Å². The molecule has 0 fully saturated rings. The van der Waals surface area contributed by atoms with E-state index >= 15 is 0 Å². The van der Waals surface area contributed by atoms with Crippen molar-refractivity contribution in [3.8, 4) is 0 Å². The van der Waals surface area contributed by atoms with E-state index in [4.69, 9.17) is 0 Å². The third kappa shape index (κ3) is 3.49. The van der Waals surface area contributed by atoms with Crippen molar-refractivity contribution < 1.29 is 50.7 Å². The molecule has 0 saturated heterocycles. The van der Waals surface area contributed by atoms with Crippen molar-refractivity contribution in [1.29, 1.82) is 0 Å². The molecule has 3 heteroatoms. The van der Waals surface area contributed by atoms with Gasteiger partial charge in [0.05, 0.1) is 0 Å². The fourth-order valence-corrected chi connectivity index (χ4v) is 1.31. The predicted molar refractivity (Wildman–Crippen MR) is 44.3 cm³/mol. The van der Waals surface area contributed by atoms with E-state index < -0.39 is 0 Å². The van der Waals surface area contributed by atoms with E-state index in [0.29, 0.717) is 0 Å². The normalized spacial score (nSPS) is 8.08. The first-order chi connectivity index (χ1) is 4.86. The summed E-state index contributed by atoms with van der Waals surface area (Å²) in [6.45, 7) is 2.12. The molecule has 0 nitrogen and oxygen atoms in total. The number of halogens is 2. The third-order valence-electron chi connectivity index (χ3n) is 1.76. The molecule has 2 aromatic rings. The van der Waals surface area contributed by atoms with Gasteiger partial charge in [0.25, 0.3) is 0 Å². The first-order valence-electron chi connectivity index (χ1n) is 3.48. The van der Waals surface area contributed by atoms with Gasteiger partial charge in [-0.2, -0.15) is 6.07 Å². The number of fused-ring (bicyclic) bond motifs is 1. The second-order valence-electron chi connectivity index (χ2n) is 2.66. The average molecular weight is 379 g/mol. The van der Waals surface area contributed by atoms with Crippen molar-refractivity contribution in [2.45, 2.75) is 6.92 Å². The van der Waals surface area contributed by atoms with Crippen molar-refractivity contribution in [3.63, 3.8) is 0 Å². The third-order valence-corrected chi connectivity index (χ3v) is 1.76. The molecule has 0 aliphatic rings. The van der Waals surface area contributed by atoms with Gasteiger partial charge in [-0.05, 0) is 0 Å². The molecule has 0 N–H and O–H groups in total. The van der Waals surface area contributed by atoms with E-state index in [2.05, 4.69) is 43.3 Å². The molecule has 0 aliphatic carbocycles. The first-order valence-corrected chi connectivity index (χ1v) is 3.48. The number of hydrogen-bond acceptors (Lipinski definition) is 0. The van der Waals surface area contributed by atoms with Crippen LogP contribution in [0, 0.1) is 6.92 Å². The van der Waals surface area contributed by atoms with Gasteiger partial charge in [-0.25, -0.2) is 0 Å². The molecule has 0 aromatic heterocycles. The van der Waals surface area contributed by atoms with Crippen molar-refractivity contribution >= 4 is 10.8 Å². The standard InChI is InChI=1S/C10H9.2ClH.Hf/c1-8-6-9-4-2-3-5-10(9)7-8;;;/h2-7H,1H3;2*1H;/q-1;;;+4/p-2. The smallest absolute Gasteiger partial charge is 1.00 e. The van der Waals surface area contributed by atoms with E-state index in [1.165, 1.54) is 16.3 Å². The van der Waals surface area contributed by atoms with E-state index in [1.54, 1.807) is 0 Å². The number of hydrogen-bond donors (Lipinski definition) is 0. The van der Waals surface area contributed by atoms with Gasteiger partial charge in [0.15, 0.2) is 0 Å². The van der Waals surface area contributed by atoms with Crippen LogP contribution < -0.4 is 24.8 Å². The predicted octanol–water partition coefficient (Wildman–Crippen LogP) is -3.13. The van der Waals surface area contributed by atoms with Crippen LogP contribution in [0.5, 0.6) is 0 Å². The van der Waals surface area contributed by atoms with E-state index in [0.717, 1.165) is 0 Å². The summed E-state index contributed by atoms with van der Waals surface area (Å²) in [7, 11) is 0. The Morgan fingerprint density at radius 1 is 1.08 bits per heavy atom. The van der Waals surface area contributed by atoms with Crippen LogP contribution in [0.3, 0.4) is 0 Å². The molecule has 0 unspecified atom stereocenters. The maximum atomic E-state index is 2.20. The van der Waals surface area contributed by atoms with Crippen LogP contribution in [-0.2, 0) is 25.8 Å². The number of rotatable bonds is 0. The second kappa shape index (κ2) is 6.69. The molecule has 0 atom stereocenters. The summed E-state index contributed by atoms with van der Waals surface area (Å²) in [4.78, 5) is 0. The van der Waals surface area contributed by atoms with Gasteiger partial charge in [0.1, 0.15) is 0 Å². The Labute approximate surface area is 110 Å². The molecule has 0 saturated carbocycles. The summed E-state index contributed by atoms with van der Waals surface area (Å²) in [6, 6.07) is 12.8. The number of aryl methyl sites for hydroxylation is 1. The van der Waals surface area contributed by atoms with Gasteiger partial charge in [-0.1, -0.05) is 13.0 Å². The minimum atomic E-state index is 0. The molecule has 2 rings (SSSR count). The fourth-order valence-electron chi connectivity index (χ4n) is 1.31. The maximum absolute atomic E-state index is 2.20. The Bertz CT molecular complexity index is 321. The van der Waals surface area contributed by atoms with Crippen molar-refractivity contribution in [3.05, 3.63) is 42.0 Å². The summed E-state index contributed by atoms with van der Waals surface area (Å²) in [5, 5.41) is 2.69. The maximum Gasteiger partial charge on any atom is 4.00 e. The van der Waals surface area contributed by atoms with Gasteiger partial charge in [-0.3, -0.25) is 0 Å². The van der Waals surface area contributed by atoms with Crippen LogP contribution in [0.2, 0.25) is 0 Å². The van der Waals surface area contributed by atoms with E-state index in [-0.39, 0.29) is 50.7 Å². The zero-order valence-electron chi connectivity index (χ0n) is 7.22. The van der Waals surface area contributed by atoms with Crippen LogP contribution in [0.4, 0.5) is 0 Å². The Balaban J connectivity index is 0. The number of benzene rings is 1. The largest absolute Gasteiger partial charge is 4.00 e. The molecular weight excluding hydrogens is 370 g/mol. The first kappa shape index (κ1) is 15.7. The van der Waals surface area contributed by atoms with Gasteiger partial charge in [0.2, 0.25) is 0 Å². The summed E-state index contributed by atoms with van der Waals surface area (Å²) in [6.07, 6.45) is 0. The van der Waals surface area contributed by atoms with Crippen LogP contribution in [0.1, 0.15) is 5.56 Å². The average Bonchev–Trinajstić information content (AvgIpc) is 2.27. The van der Waals surface area contributed by atoms with Crippen molar-refractivity contribution in [2.75, 3.05) is 0 Å². The van der Waals surface area contributed by atoms with Crippen LogP contribution >= 0.6 is 0 Å². The Morgan fingerprint density at radius 3 is 2.31 bits per heavy atom. The molecule has 0 spiro atoms. The monoisotopic (exact) mass is 379 g/mol. The van der Waals surface area contributed by atoms with Gasteiger partial charge in [-0.15, -0.1) is 40.6 Å². The SMILES string of the molecule is Cc1cc2ccccc2[cH-]1.[Cl-].[Cl-].[Hf+4]. The van der Waals surface area contributed by atoms with E-state index in [1.807, 2.05) is 0 Å². The molecule has 0 bridgehead atoms. The van der Waals surface area contributed by atoms with Gasteiger partial charge < -0.3 is 24.8 Å². The Kier molecular flexibility index (Phi) is 8.10. The molecule has 66 valence electrons. The molecule has 0 radical (unpaired) electrons. The minimum absolute atomic E-state index is 0. The molecule has 0 amide bonds. The Morgan fingerprint density at radius 2 is 1.69 bits per heavy atom. The fraction of sp³-hybridized carbons (Fsp3) is 0.100. The van der Waals surface area contributed by atoms with Gasteiger partial charge in [0, 0.05) is 0 Å². The summed E-state index contributed by atoms with van der Waals surface area (Å²) in [5.74, 6) is 0. The molecule has 2 aromatic carbocycles. The topological polar surface area (TPSA) is 0 Å². The van der Waals surface area contributed by atoms with Crippen molar-refractivity contribution in [2.24, 2.45) is 0 Å². The quantitative estimate of drug-likeness (QED) is 0.336. The second-order valence-corrected chi connectivity index (χ2v) is 2.66. The molecular formula is C10H9Cl2Hf+. The summed E-state index contributed by atoms with van der Waals surface area (Å²) in [5.41, 5.74) is 1.35. The van der Waals surface area contributed by atoms with E-state index in [9.17, 15) is 0 Å². The summed E-state index contributed by atoms with van der Waals surface area (Å²) >= 11 is 0. The zero-order chi connectivity index (χ0) is 6.97. The molecule has 13 heavy (non-hydrogen) atoms. The van der Waals surface area contributed by atoms with Crippen LogP contribution in [0.15, 0.2) is 36.4 Å². The van der Waals surface area contributed by atoms with Gasteiger partial charge >= 0.3 is 25.8 Å².